The van der Waals surface area contributed by atoms with Crippen LogP contribution >= 0.6 is 11.6 Å². The van der Waals surface area contributed by atoms with E-state index in [-0.39, 0.29) is 17.7 Å². The molecule has 1 aliphatic heterocycles. The molecule has 0 aliphatic carbocycles. The first kappa shape index (κ1) is 13.6. The Kier molecular flexibility index (Phi) is 3.39. The third-order valence-corrected chi connectivity index (χ3v) is 3.76. The number of nitrogens with zero attached hydrogens (tertiary/aromatic N) is 2. The van der Waals surface area contributed by atoms with Crippen LogP contribution in [-0.4, -0.2) is 24.7 Å². The first-order chi connectivity index (χ1) is 10.1. The Bertz CT molecular complexity index is 730. The number of hydrogen-bond donors (Lipinski definition) is 0. The SMILES string of the molecule is CN1C(=O)c2ccccc2N(C(=O)CCl)c2ccccc21. The Morgan fingerprint density at radius 2 is 1.57 bits per heavy atom. The fourth-order valence-electron chi connectivity index (χ4n) is 2.53. The first-order valence-electron chi connectivity index (χ1n) is 6.50. The molecule has 0 aromatic heterocycles. The van der Waals surface area contributed by atoms with Gasteiger partial charge in [-0.25, -0.2) is 0 Å². The molecular weight excluding hydrogens is 288 g/mol. The number of anilines is 3. The van der Waals surface area contributed by atoms with E-state index in [0.29, 0.717) is 22.6 Å². The fraction of sp³-hybridized carbons (Fsp3) is 0.125. The lowest BCUT2D eigenvalue weighted by atomic mass is 10.1. The van der Waals surface area contributed by atoms with Gasteiger partial charge in [0.15, 0.2) is 0 Å². The lowest BCUT2D eigenvalue weighted by Gasteiger charge is -2.23. The molecule has 21 heavy (non-hydrogen) atoms. The predicted octanol–water partition coefficient (Wildman–Crippen LogP) is 3.18. The number of alkyl halides is 1. The van der Waals surface area contributed by atoms with Gasteiger partial charge in [-0.05, 0) is 24.3 Å². The molecule has 0 N–H and O–H groups in total. The molecule has 0 fully saturated rings. The van der Waals surface area contributed by atoms with Gasteiger partial charge >= 0.3 is 0 Å². The summed E-state index contributed by atoms with van der Waals surface area (Å²) in [4.78, 5) is 28.0. The van der Waals surface area contributed by atoms with E-state index >= 15 is 0 Å². The van der Waals surface area contributed by atoms with Crippen LogP contribution in [0.3, 0.4) is 0 Å². The number of benzene rings is 2. The molecule has 0 radical (unpaired) electrons. The highest BCUT2D eigenvalue weighted by Crippen LogP contribution is 2.39. The first-order valence-corrected chi connectivity index (χ1v) is 7.03. The second kappa shape index (κ2) is 5.22. The van der Waals surface area contributed by atoms with Crippen LogP contribution in [0, 0.1) is 0 Å². The normalized spacial score (nSPS) is 13.5. The summed E-state index contributed by atoms with van der Waals surface area (Å²) in [6.07, 6.45) is 0. The zero-order valence-corrected chi connectivity index (χ0v) is 12.2. The van der Waals surface area contributed by atoms with Crippen LogP contribution in [0.25, 0.3) is 0 Å². The summed E-state index contributed by atoms with van der Waals surface area (Å²) in [5.41, 5.74) is 2.38. The molecule has 0 unspecified atom stereocenters. The van der Waals surface area contributed by atoms with Gasteiger partial charge in [-0.2, -0.15) is 0 Å². The van der Waals surface area contributed by atoms with Gasteiger partial charge in [-0.1, -0.05) is 24.3 Å². The van der Waals surface area contributed by atoms with Crippen LogP contribution in [-0.2, 0) is 4.79 Å². The largest absolute Gasteiger partial charge is 0.309 e. The average Bonchev–Trinajstić information content (AvgIpc) is 2.62. The van der Waals surface area contributed by atoms with Gasteiger partial charge < -0.3 is 4.90 Å². The monoisotopic (exact) mass is 300 g/mol. The van der Waals surface area contributed by atoms with Crippen molar-refractivity contribution in [2.45, 2.75) is 0 Å². The fourth-order valence-corrected chi connectivity index (χ4v) is 2.65. The Morgan fingerprint density at radius 1 is 1.00 bits per heavy atom. The van der Waals surface area contributed by atoms with Crippen LogP contribution in [0.2, 0.25) is 0 Å². The second-order valence-electron chi connectivity index (χ2n) is 4.73. The maximum Gasteiger partial charge on any atom is 0.260 e. The molecule has 0 saturated heterocycles. The smallest absolute Gasteiger partial charge is 0.260 e. The van der Waals surface area contributed by atoms with Crippen LogP contribution in [0.4, 0.5) is 17.1 Å². The van der Waals surface area contributed by atoms with Gasteiger partial charge in [0, 0.05) is 7.05 Å². The minimum Gasteiger partial charge on any atom is -0.309 e. The number of fused-ring (bicyclic) bond motifs is 2. The molecule has 0 saturated carbocycles. The summed E-state index contributed by atoms with van der Waals surface area (Å²) < 4.78 is 0. The van der Waals surface area contributed by atoms with Gasteiger partial charge in [0.25, 0.3) is 5.91 Å². The van der Waals surface area contributed by atoms with Gasteiger partial charge in [0.05, 0.1) is 22.6 Å². The molecular formula is C16H13ClN2O2. The van der Waals surface area contributed by atoms with Crippen LogP contribution in [0.5, 0.6) is 0 Å². The highest BCUT2D eigenvalue weighted by atomic mass is 35.5. The van der Waals surface area contributed by atoms with E-state index in [2.05, 4.69) is 0 Å². The summed E-state index contributed by atoms with van der Waals surface area (Å²) in [5.74, 6) is -0.566. The standard InChI is InChI=1S/C16H13ClN2O2/c1-18-13-8-4-5-9-14(13)19(15(20)10-17)12-7-3-2-6-11(12)16(18)21/h2-9H,10H2,1H3. The molecule has 2 aromatic rings. The van der Waals surface area contributed by atoms with Crippen molar-refractivity contribution in [2.75, 3.05) is 22.7 Å². The number of para-hydroxylation sites is 3. The van der Waals surface area contributed by atoms with Crippen LogP contribution < -0.4 is 9.80 Å². The summed E-state index contributed by atoms with van der Waals surface area (Å²) in [5, 5.41) is 0. The molecule has 0 bridgehead atoms. The van der Waals surface area contributed by atoms with Crippen molar-refractivity contribution in [1.29, 1.82) is 0 Å². The zero-order chi connectivity index (χ0) is 15.0. The van der Waals surface area contributed by atoms with E-state index in [9.17, 15) is 9.59 Å². The number of rotatable bonds is 1. The maximum atomic E-state index is 12.6. The molecule has 5 heteroatoms. The predicted molar refractivity (Wildman–Crippen MR) is 83.5 cm³/mol. The Labute approximate surface area is 127 Å². The summed E-state index contributed by atoms with van der Waals surface area (Å²) >= 11 is 5.75. The van der Waals surface area contributed by atoms with E-state index in [0.717, 1.165) is 0 Å². The lowest BCUT2D eigenvalue weighted by Crippen LogP contribution is -2.27. The quantitative estimate of drug-likeness (QED) is 0.759. The summed E-state index contributed by atoms with van der Waals surface area (Å²) in [6, 6.07) is 14.3. The van der Waals surface area contributed by atoms with Crippen molar-refractivity contribution in [3.8, 4) is 0 Å². The topological polar surface area (TPSA) is 40.6 Å². The number of amides is 2. The van der Waals surface area contributed by atoms with Crippen LogP contribution in [0.15, 0.2) is 48.5 Å². The van der Waals surface area contributed by atoms with E-state index in [4.69, 9.17) is 11.6 Å². The molecule has 0 spiro atoms. The van der Waals surface area contributed by atoms with E-state index in [1.807, 2.05) is 24.3 Å². The highest BCUT2D eigenvalue weighted by Gasteiger charge is 2.31. The molecule has 106 valence electrons. The summed E-state index contributed by atoms with van der Waals surface area (Å²) in [7, 11) is 1.70. The molecule has 0 atom stereocenters. The lowest BCUT2D eigenvalue weighted by molar-refractivity contribution is -0.115. The Morgan fingerprint density at radius 3 is 2.24 bits per heavy atom. The van der Waals surface area contributed by atoms with Crippen molar-refractivity contribution in [3.05, 3.63) is 54.1 Å². The summed E-state index contributed by atoms with van der Waals surface area (Å²) in [6.45, 7) is 0. The van der Waals surface area contributed by atoms with Crippen molar-refractivity contribution < 1.29 is 9.59 Å². The number of hydrogen-bond acceptors (Lipinski definition) is 2. The third kappa shape index (κ3) is 2.08. The number of carbonyl (C=O) groups is 2. The van der Waals surface area contributed by atoms with Gasteiger partial charge in [0.1, 0.15) is 5.88 Å². The van der Waals surface area contributed by atoms with Crippen LogP contribution in [0.1, 0.15) is 10.4 Å². The highest BCUT2D eigenvalue weighted by molar-refractivity contribution is 6.31. The van der Waals surface area contributed by atoms with Crippen molar-refractivity contribution in [3.63, 3.8) is 0 Å². The van der Waals surface area contributed by atoms with Crippen molar-refractivity contribution >= 4 is 40.5 Å². The van der Waals surface area contributed by atoms with Gasteiger partial charge in [-0.3, -0.25) is 14.5 Å². The number of halogens is 1. The minimum absolute atomic E-state index is 0.150. The van der Waals surface area contributed by atoms with Crippen molar-refractivity contribution in [2.24, 2.45) is 0 Å². The van der Waals surface area contributed by atoms with Crippen molar-refractivity contribution in [1.82, 2.24) is 0 Å². The molecule has 1 heterocycles. The molecule has 4 nitrogen and oxygen atoms in total. The van der Waals surface area contributed by atoms with E-state index in [1.54, 1.807) is 36.2 Å². The van der Waals surface area contributed by atoms with E-state index < -0.39 is 0 Å². The second-order valence-corrected chi connectivity index (χ2v) is 5.00. The third-order valence-electron chi connectivity index (χ3n) is 3.53. The number of carbonyl (C=O) groups excluding carboxylic acids is 2. The van der Waals surface area contributed by atoms with Gasteiger partial charge in [-0.15, -0.1) is 11.6 Å². The van der Waals surface area contributed by atoms with E-state index in [1.165, 1.54) is 4.90 Å². The molecule has 2 aromatic carbocycles. The maximum absolute atomic E-state index is 12.6. The van der Waals surface area contributed by atoms with Gasteiger partial charge in [0.2, 0.25) is 5.91 Å². The zero-order valence-electron chi connectivity index (χ0n) is 11.4. The molecule has 3 rings (SSSR count). The minimum atomic E-state index is -0.264. The molecule has 1 aliphatic rings. The Hall–Kier alpha value is -2.33. The Balaban J connectivity index is 2.34. The molecule has 2 amide bonds. The average molecular weight is 301 g/mol.